The van der Waals surface area contributed by atoms with Crippen LogP contribution in [0.5, 0.6) is 5.75 Å². The highest BCUT2D eigenvalue weighted by molar-refractivity contribution is 6.09. The van der Waals surface area contributed by atoms with Crippen LogP contribution in [0.1, 0.15) is 11.1 Å². The van der Waals surface area contributed by atoms with Gasteiger partial charge in [-0.3, -0.25) is 9.69 Å². The maximum Gasteiger partial charge on any atom is 0.325 e. The number of urea groups is 1. The number of hydrogen-bond donors (Lipinski definition) is 3. The number of nitrogens with zero attached hydrogens (tertiary/aromatic N) is 1. The van der Waals surface area contributed by atoms with Gasteiger partial charge in [0.1, 0.15) is 5.75 Å². The minimum absolute atomic E-state index is 0.181. The van der Waals surface area contributed by atoms with Crippen molar-refractivity contribution in [3.8, 4) is 5.75 Å². The second-order valence-corrected chi connectivity index (χ2v) is 6.84. The van der Waals surface area contributed by atoms with E-state index < -0.39 is 11.6 Å². The second kappa shape index (κ2) is 7.67. The Morgan fingerprint density at radius 2 is 1.38 bits per heavy atom. The number of amides is 3. The Balaban J connectivity index is 1.59. The van der Waals surface area contributed by atoms with Crippen LogP contribution in [0.3, 0.4) is 0 Å². The highest BCUT2D eigenvalue weighted by Gasteiger charge is 2.53. The quantitative estimate of drug-likeness (QED) is 0.448. The van der Waals surface area contributed by atoms with Gasteiger partial charge in [0.05, 0.1) is 0 Å². The number of carbonyl (C=O) groups is 2. The van der Waals surface area contributed by atoms with Crippen molar-refractivity contribution in [1.82, 2.24) is 10.2 Å². The summed E-state index contributed by atoms with van der Waals surface area (Å²) in [4.78, 5) is 27.5. The molecule has 3 amide bonds. The van der Waals surface area contributed by atoms with Crippen molar-refractivity contribution in [3.05, 3.63) is 96.1 Å². The molecule has 0 bridgehead atoms. The molecule has 0 atom stereocenters. The van der Waals surface area contributed by atoms with E-state index in [1.807, 2.05) is 60.7 Å². The number of rotatable bonds is 6. The molecule has 3 aromatic rings. The van der Waals surface area contributed by atoms with E-state index in [0.717, 1.165) is 16.8 Å². The predicted molar refractivity (Wildman–Crippen MR) is 111 cm³/mol. The molecule has 0 unspecified atom stereocenters. The van der Waals surface area contributed by atoms with E-state index in [-0.39, 0.29) is 18.2 Å². The maximum atomic E-state index is 13.5. The standard InChI is InChI=1S/C23H21N3O3/c27-20-13-11-19(12-14-20)24-15-16-26-21(28)23(25-22(26)29,17-7-3-1-4-8-17)18-9-5-2-6-10-18/h1-14,24,27H,15-16H2,(H,25,29). The lowest BCUT2D eigenvalue weighted by atomic mass is 9.82. The van der Waals surface area contributed by atoms with Crippen molar-refractivity contribution < 1.29 is 14.7 Å². The first kappa shape index (κ1) is 18.6. The molecule has 1 saturated heterocycles. The zero-order valence-corrected chi connectivity index (χ0v) is 15.7. The lowest BCUT2D eigenvalue weighted by Crippen LogP contribution is -2.45. The first-order valence-corrected chi connectivity index (χ1v) is 9.39. The molecule has 1 fully saturated rings. The largest absolute Gasteiger partial charge is 0.508 e. The van der Waals surface area contributed by atoms with Crippen molar-refractivity contribution in [2.75, 3.05) is 18.4 Å². The summed E-state index contributed by atoms with van der Waals surface area (Å²) in [5.41, 5.74) is 1.00. The van der Waals surface area contributed by atoms with E-state index in [0.29, 0.717) is 6.54 Å². The van der Waals surface area contributed by atoms with E-state index in [2.05, 4.69) is 10.6 Å². The topological polar surface area (TPSA) is 81.7 Å². The van der Waals surface area contributed by atoms with Gasteiger partial charge in [-0.2, -0.15) is 0 Å². The average molecular weight is 387 g/mol. The lowest BCUT2D eigenvalue weighted by molar-refractivity contribution is -0.130. The molecule has 0 saturated carbocycles. The number of phenols is 1. The SMILES string of the molecule is O=C1NC(c2ccccc2)(c2ccccc2)C(=O)N1CCNc1ccc(O)cc1. The molecule has 146 valence electrons. The van der Waals surface area contributed by atoms with Gasteiger partial charge in [0.25, 0.3) is 5.91 Å². The summed E-state index contributed by atoms with van der Waals surface area (Å²) >= 11 is 0. The molecule has 3 N–H and O–H groups in total. The van der Waals surface area contributed by atoms with Crippen LogP contribution >= 0.6 is 0 Å². The van der Waals surface area contributed by atoms with Gasteiger partial charge in [-0.05, 0) is 35.4 Å². The van der Waals surface area contributed by atoms with Crippen molar-refractivity contribution in [1.29, 1.82) is 0 Å². The summed E-state index contributed by atoms with van der Waals surface area (Å²) in [5.74, 6) is -0.118. The normalized spacial score (nSPS) is 15.2. The first-order chi connectivity index (χ1) is 14.1. The monoisotopic (exact) mass is 387 g/mol. The van der Waals surface area contributed by atoms with Crippen molar-refractivity contribution >= 4 is 17.6 Å². The van der Waals surface area contributed by atoms with Gasteiger partial charge in [-0.1, -0.05) is 60.7 Å². The molecular formula is C23H21N3O3. The number of aromatic hydroxyl groups is 1. The fraction of sp³-hybridized carbons (Fsp3) is 0.130. The summed E-state index contributed by atoms with van der Waals surface area (Å²) in [6.45, 7) is 0.608. The summed E-state index contributed by atoms with van der Waals surface area (Å²) < 4.78 is 0. The van der Waals surface area contributed by atoms with E-state index in [1.165, 1.54) is 4.90 Å². The van der Waals surface area contributed by atoms with Crippen LogP contribution in [-0.4, -0.2) is 35.0 Å². The third-order valence-corrected chi connectivity index (χ3v) is 5.05. The Morgan fingerprint density at radius 3 is 1.93 bits per heavy atom. The summed E-state index contributed by atoms with van der Waals surface area (Å²) in [5, 5.41) is 15.5. The smallest absolute Gasteiger partial charge is 0.325 e. The zero-order valence-electron chi connectivity index (χ0n) is 15.7. The Bertz CT molecular complexity index is 965. The minimum Gasteiger partial charge on any atom is -0.508 e. The van der Waals surface area contributed by atoms with Gasteiger partial charge in [0, 0.05) is 18.8 Å². The van der Waals surface area contributed by atoms with E-state index in [1.54, 1.807) is 24.3 Å². The molecule has 29 heavy (non-hydrogen) atoms. The average Bonchev–Trinajstić information content (AvgIpc) is 3.02. The molecule has 6 nitrogen and oxygen atoms in total. The van der Waals surface area contributed by atoms with E-state index in [9.17, 15) is 14.7 Å². The molecular weight excluding hydrogens is 366 g/mol. The molecule has 0 radical (unpaired) electrons. The van der Waals surface area contributed by atoms with Crippen LogP contribution in [0.4, 0.5) is 10.5 Å². The number of nitrogens with one attached hydrogen (secondary N) is 2. The van der Waals surface area contributed by atoms with E-state index >= 15 is 0 Å². The molecule has 4 rings (SSSR count). The predicted octanol–water partition coefficient (Wildman–Crippen LogP) is 3.30. The van der Waals surface area contributed by atoms with Gasteiger partial charge in [-0.25, -0.2) is 4.79 Å². The zero-order chi connectivity index (χ0) is 20.3. The van der Waals surface area contributed by atoms with Crippen LogP contribution < -0.4 is 10.6 Å². The summed E-state index contributed by atoms with van der Waals surface area (Å²) in [7, 11) is 0. The number of hydrogen-bond acceptors (Lipinski definition) is 4. The number of phenolic OH excluding ortho intramolecular Hbond substituents is 1. The fourth-order valence-electron chi connectivity index (χ4n) is 3.60. The van der Waals surface area contributed by atoms with Crippen molar-refractivity contribution in [3.63, 3.8) is 0 Å². The molecule has 1 aliphatic heterocycles. The molecule has 6 heteroatoms. The van der Waals surface area contributed by atoms with Crippen LogP contribution in [0.25, 0.3) is 0 Å². The second-order valence-electron chi connectivity index (χ2n) is 6.84. The Kier molecular flexibility index (Phi) is 4.91. The highest BCUT2D eigenvalue weighted by atomic mass is 16.3. The molecule has 3 aromatic carbocycles. The summed E-state index contributed by atoms with van der Waals surface area (Å²) in [6, 6.07) is 24.8. The van der Waals surface area contributed by atoms with Crippen molar-refractivity contribution in [2.24, 2.45) is 0 Å². The van der Waals surface area contributed by atoms with Gasteiger partial charge < -0.3 is 15.7 Å². The highest BCUT2D eigenvalue weighted by Crippen LogP contribution is 2.35. The van der Waals surface area contributed by atoms with Crippen LogP contribution in [0.2, 0.25) is 0 Å². The number of imide groups is 1. The third kappa shape index (κ3) is 3.40. The molecule has 1 aliphatic rings. The molecule has 1 heterocycles. The van der Waals surface area contributed by atoms with Crippen molar-refractivity contribution in [2.45, 2.75) is 5.54 Å². The lowest BCUT2D eigenvalue weighted by Gasteiger charge is -2.28. The maximum absolute atomic E-state index is 13.5. The molecule has 0 aliphatic carbocycles. The Morgan fingerprint density at radius 1 is 0.828 bits per heavy atom. The third-order valence-electron chi connectivity index (χ3n) is 5.05. The summed E-state index contributed by atoms with van der Waals surface area (Å²) in [6.07, 6.45) is 0. The van der Waals surface area contributed by atoms with Gasteiger partial charge in [0.15, 0.2) is 5.54 Å². The minimum atomic E-state index is -1.24. The first-order valence-electron chi connectivity index (χ1n) is 9.39. The van der Waals surface area contributed by atoms with Crippen LogP contribution in [0.15, 0.2) is 84.9 Å². The van der Waals surface area contributed by atoms with Crippen LogP contribution in [0, 0.1) is 0 Å². The van der Waals surface area contributed by atoms with Gasteiger partial charge in [0.2, 0.25) is 0 Å². The number of benzene rings is 3. The molecule has 0 aromatic heterocycles. The number of carbonyl (C=O) groups excluding carboxylic acids is 2. The fourth-order valence-corrected chi connectivity index (χ4v) is 3.60. The van der Waals surface area contributed by atoms with Gasteiger partial charge in [-0.15, -0.1) is 0 Å². The number of anilines is 1. The molecule has 0 spiro atoms. The Labute approximate surface area is 168 Å². The Hall–Kier alpha value is -3.80. The van der Waals surface area contributed by atoms with E-state index in [4.69, 9.17) is 0 Å². The van der Waals surface area contributed by atoms with Crippen LogP contribution in [-0.2, 0) is 10.3 Å². The van der Waals surface area contributed by atoms with Gasteiger partial charge >= 0.3 is 6.03 Å².